The van der Waals surface area contributed by atoms with E-state index in [1.54, 1.807) is 6.07 Å². The summed E-state index contributed by atoms with van der Waals surface area (Å²) < 4.78 is 0.964. The van der Waals surface area contributed by atoms with Gasteiger partial charge < -0.3 is 5.32 Å². The molecule has 0 spiro atoms. The lowest BCUT2D eigenvalue weighted by atomic mass is 10.2. The zero-order valence-electron chi connectivity index (χ0n) is 9.63. The first kappa shape index (κ1) is 13.7. The van der Waals surface area contributed by atoms with Gasteiger partial charge in [-0.25, -0.2) is 0 Å². The number of thiophene rings is 1. The number of hydrogen-bond acceptors (Lipinski definition) is 4. The van der Waals surface area contributed by atoms with E-state index in [4.69, 9.17) is 0 Å². The van der Waals surface area contributed by atoms with Crippen LogP contribution in [0, 0.1) is 10.1 Å². The van der Waals surface area contributed by atoms with E-state index in [0.717, 1.165) is 8.66 Å². The first-order valence-corrected chi connectivity index (χ1v) is 6.94. The highest BCUT2D eigenvalue weighted by Gasteiger charge is 2.09. The van der Waals surface area contributed by atoms with Crippen molar-refractivity contribution in [1.29, 1.82) is 0 Å². The Labute approximate surface area is 121 Å². The van der Waals surface area contributed by atoms with Crippen LogP contribution in [0.5, 0.6) is 0 Å². The van der Waals surface area contributed by atoms with Gasteiger partial charge >= 0.3 is 0 Å². The molecule has 0 bridgehead atoms. The average Bonchev–Trinajstić information content (AvgIpc) is 2.74. The third-order valence-electron chi connectivity index (χ3n) is 2.30. The SMILES string of the molecule is O=C(Cc1ccc(Br)s1)Nc1cccc([N+](=O)[O-])c1. The molecule has 2 rings (SSSR count). The molecule has 5 nitrogen and oxygen atoms in total. The third kappa shape index (κ3) is 3.87. The van der Waals surface area contributed by atoms with Gasteiger partial charge in [0.1, 0.15) is 0 Å². The Morgan fingerprint density at radius 3 is 2.79 bits per heavy atom. The molecule has 19 heavy (non-hydrogen) atoms. The molecule has 0 atom stereocenters. The predicted octanol–water partition coefficient (Wildman–Crippen LogP) is 3.60. The third-order valence-corrected chi connectivity index (χ3v) is 3.93. The number of hydrogen-bond donors (Lipinski definition) is 1. The van der Waals surface area contributed by atoms with Gasteiger partial charge in [-0.1, -0.05) is 6.07 Å². The minimum Gasteiger partial charge on any atom is -0.326 e. The number of carbonyl (C=O) groups excluding carboxylic acids is 1. The Balaban J connectivity index is 2.02. The molecule has 0 aliphatic carbocycles. The van der Waals surface area contributed by atoms with Crippen molar-refractivity contribution in [3.63, 3.8) is 0 Å². The Morgan fingerprint density at radius 2 is 2.16 bits per heavy atom. The van der Waals surface area contributed by atoms with Crippen molar-refractivity contribution in [2.24, 2.45) is 0 Å². The van der Waals surface area contributed by atoms with Crippen LogP contribution >= 0.6 is 27.3 Å². The fourth-order valence-corrected chi connectivity index (χ4v) is 2.99. The van der Waals surface area contributed by atoms with Gasteiger partial charge in [0, 0.05) is 22.7 Å². The number of nitro groups is 1. The molecule has 1 heterocycles. The van der Waals surface area contributed by atoms with Gasteiger partial charge in [-0.3, -0.25) is 14.9 Å². The first-order valence-electron chi connectivity index (χ1n) is 5.33. The molecular weight excluding hydrogens is 332 g/mol. The Morgan fingerprint density at radius 1 is 1.37 bits per heavy atom. The summed E-state index contributed by atoms with van der Waals surface area (Å²) in [6.07, 6.45) is 0.249. The van der Waals surface area contributed by atoms with Crippen molar-refractivity contribution < 1.29 is 9.72 Å². The lowest BCUT2D eigenvalue weighted by Crippen LogP contribution is -2.13. The van der Waals surface area contributed by atoms with Crippen molar-refractivity contribution >= 4 is 44.5 Å². The zero-order chi connectivity index (χ0) is 13.8. The standard InChI is InChI=1S/C12H9BrN2O3S/c13-11-5-4-10(19-11)7-12(16)14-8-2-1-3-9(6-8)15(17)18/h1-6H,7H2,(H,14,16). The Kier molecular flexibility index (Phi) is 4.28. The number of anilines is 1. The van der Waals surface area contributed by atoms with Crippen LogP contribution in [-0.2, 0) is 11.2 Å². The van der Waals surface area contributed by atoms with Gasteiger partial charge in [-0.15, -0.1) is 11.3 Å². The summed E-state index contributed by atoms with van der Waals surface area (Å²) in [5.41, 5.74) is 0.381. The van der Waals surface area contributed by atoms with Crippen molar-refractivity contribution in [2.75, 3.05) is 5.32 Å². The fourth-order valence-electron chi connectivity index (χ4n) is 1.51. The van der Waals surface area contributed by atoms with E-state index in [-0.39, 0.29) is 18.0 Å². The average molecular weight is 341 g/mol. The number of benzene rings is 1. The fraction of sp³-hybridized carbons (Fsp3) is 0.0833. The zero-order valence-corrected chi connectivity index (χ0v) is 12.0. The number of halogens is 1. The molecular formula is C12H9BrN2O3S. The van der Waals surface area contributed by atoms with E-state index in [2.05, 4.69) is 21.2 Å². The smallest absolute Gasteiger partial charge is 0.271 e. The van der Waals surface area contributed by atoms with Crippen LogP contribution < -0.4 is 5.32 Å². The largest absolute Gasteiger partial charge is 0.326 e. The Hall–Kier alpha value is -1.73. The van der Waals surface area contributed by atoms with E-state index in [1.165, 1.54) is 29.5 Å². The maximum absolute atomic E-state index is 11.8. The summed E-state index contributed by atoms with van der Waals surface area (Å²) in [5.74, 6) is -0.199. The van der Waals surface area contributed by atoms with Crippen LogP contribution in [-0.4, -0.2) is 10.8 Å². The Bertz CT molecular complexity index is 627. The van der Waals surface area contributed by atoms with Crippen LogP contribution in [0.25, 0.3) is 0 Å². The number of non-ortho nitro benzene ring substituents is 1. The number of amides is 1. The van der Waals surface area contributed by atoms with Crippen molar-refractivity contribution in [2.45, 2.75) is 6.42 Å². The molecule has 1 N–H and O–H groups in total. The molecule has 7 heteroatoms. The second kappa shape index (κ2) is 5.94. The van der Waals surface area contributed by atoms with Crippen LogP contribution in [0.2, 0.25) is 0 Å². The highest BCUT2D eigenvalue weighted by molar-refractivity contribution is 9.11. The number of carbonyl (C=O) groups is 1. The molecule has 0 aliphatic heterocycles. The molecule has 0 unspecified atom stereocenters. The van der Waals surface area contributed by atoms with E-state index in [9.17, 15) is 14.9 Å². The minimum absolute atomic E-state index is 0.0448. The monoisotopic (exact) mass is 340 g/mol. The minimum atomic E-state index is -0.494. The van der Waals surface area contributed by atoms with Gasteiger partial charge in [-0.2, -0.15) is 0 Å². The molecule has 1 aromatic carbocycles. The second-order valence-electron chi connectivity index (χ2n) is 3.74. The van der Waals surface area contributed by atoms with Crippen molar-refractivity contribution in [3.05, 3.63) is 55.2 Å². The van der Waals surface area contributed by atoms with Crippen molar-refractivity contribution in [3.8, 4) is 0 Å². The summed E-state index contributed by atoms with van der Waals surface area (Å²) in [7, 11) is 0. The quantitative estimate of drug-likeness (QED) is 0.682. The molecule has 1 aromatic heterocycles. The number of nitrogens with one attached hydrogen (secondary N) is 1. The van der Waals surface area contributed by atoms with E-state index in [0.29, 0.717) is 5.69 Å². The number of nitro benzene ring substituents is 1. The number of rotatable bonds is 4. The van der Waals surface area contributed by atoms with Crippen LogP contribution in [0.1, 0.15) is 4.88 Å². The lowest BCUT2D eigenvalue weighted by molar-refractivity contribution is -0.384. The predicted molar refractivity (Wildman–Crippen MR) is 77.4 cm³/mol. The lowest BCUT2D eigenvalue weighted by Gasteiger charge is -2.03. The van der Waals surface area contributed by atoms with Crippen LogP contribution in [0.4, 0.5) is 11.4 Å². The van der Waals surface area contributed by atoms with Gasteiger partial charge in [0.2, 0.25) is 5.91 Å². The van der Waals surface area contributed by atoms with Gasteiger partial charge in [-0.05, 0) is 34.1 Å². The van der Waals surface area contributed by atoms with Crippen LogP contribution in [0.3, 0.4) is 0 Å². The number of nitrogens with zero attached hydrogens (tertiary/aromatic N) is 1. The summed E-state index contributed by atoms with van der Waals surface area (Å²) in [6, 6.07) is 9.61. The summed E-state index contributed by atoms with van der Waals surface area (Å²) in [6.45, 7) is 0. The topological polar surface area (TPSA) is 72.2 Å². The molecule has 98 valence electrons. The molecule has 0 saturated carbocycles. The summed E-state index contributed by atoms with van der Waals surface area (Å²) in [4.78, 5) is 22.8. The van der Waals surface area contributed by atoms with E-state index < -0.39 is 4.92 Å². The second-order valence-corrected chi connectivity index (χ2v) is 6.29. The highest BCUT2D eigenvalue weighted by atomic mass is 79.9. The summed E-state index contributed by atoms with van der Waals surface area (Å²) >= 11 is 4.81. The van der Waals surface area contributed by atoms with E-state index in [1.807, 2.05) is 12.1 Å². The normalized spacial score (nSPS) is 10.2. The van der Waals surface area contributed by atoms with Gasteiger partial charge in [0.25, 0.3) is 5.69 Å². The summed E-state index contributed by atoms with van der Waals surface area (Å²) in [5, 5.41) is 13.3. The molecule has 0 saturated heterocycles. The highest BCUT2D eigenvalue weighted by Crippen LogP contribution is 2.23. The first-order chi connectivity index (χ1) is 9.04. The molecule has 1 amide bonds. The van der Waals surface area contributed by atoms with Crippen molar-refractivity contribution in [1.82, 2.24) is 0 Å². The maximum atomic E-state index is 11.8. The maximum Gasteiger partial charge on any atom is 0.271 e. The van der Waals surface area contributed by atoms with Gasteiger partial charge in [0.15, 0.2) is 0 Å². The van der Waals surface area contributed by atoms with Gasteiger partial charge in [0.05, 0.1) is 15.1 Å². The molecule has 0 aliphatic rings. The molecule has 2 aromatic rings. The van der Waals surface area contributed by atoms with E-state index >= 15 is 0 Å². The molecule has 0 radical (unpaired) electrons. The van der Waals surface area contributed by atoms with Crippen LogP contribution in [0.15, 0.2) is 40.2 Å². The molecule has 0 fully saturated rings.